The highest BCUT2D eigenvalue weighted by atomic mass is 32.2. The summed E-state index contributed by atoms with van der Waals surface area (Å²) in [5.41, 5.74) is 2.55. The average molecular weight is 535 g/mol. The number of amides is 1. The minimum Gasteiger partial charge on any atom is -0.325 e. The number of aryl methyl sites for hydroxylation is 1. The van der Waals surface area contributed by atoms with Crippen molar-refractivity contribution < 1.29 is 26.2 Å². The summed E-state index contributed by atoms with van der Waals surface area (Å²) in [4.78, 5) is 14.3. The number of likely N-dealkylation sites (tertiary alicyclic amines) is 1. The van der Waals surface area contributed by atoms with Gasteiger partial charge < -0.3 is 10.2 Å². The van der Waals surface area contributed by atoms with Gasteiger partial charge in [-0.1, -0.05) is 29.8 Å². The Kier molecular flexibility index (Phi) is 8.73. The van der Waals surface area contributed by atoms with Crippen LogP contribution in [0.3, 0.4) is 0 Å². The normalized spacial score (nSPS) is 21.8. The van der Waals surface area contributed by atoms with Gasteiger partial charge in [-0.05, 0) is 61.9 Å². The third kappa shape index (κ3) is 7.51. The maximum absolute atomic E-state index is 12.6. The van der Waals surface area contributed by atoms with E-state index in [1.165, 1.54) is 12.1 Å². The maximum Gasteiger partial charge on any atom is 0.294 e. The molecule has 2 aliphatic rings. The molecule has 0 radical (unpaired) electrons. The van der Waals surface area contributed by atoms with E-state index < -0.39 is 20.1 Å². The molecule has 3 N–H and O–H groups in total. The van der Waals surface area contributed by atoms with Gasteiger partial charge in [-0.3, -0.25) is 14.1 Å². The SMILES string of the molecule is CS(=O)(=O)Nc1ccc([C@@H]2CN[C@H](C(=O)N3CCC[C@H]3C#N)C2)cc1.Cc1ccc(S(=O)(=O)O)cc1. The van der Waals surface area contributed by atoms with Crippen LogP contribution in [0.4, 0.5) is 5.69 Å². The molecule has 2 fully saturated rings. The molecule has 0 unspecified atom stereocenters. The molecular formula is C24H30N4O6S2. The summed E-state index contributed by atoms with van der Waals surface area (Å²) in [5, 5.41) is 12.4. The standard InChI is InChI=1S/C17H22N4O3S.C7H8O3S/c1-25(23,24)20-14-6-4-12(5-7-14)13-9-16(19-11-13)17(22)21-8-2-3-15(21)10-18;1-6-2-4-7(5-3-6)11(8,9)10/h4-7,13,15-16,19-20H,2-3,8-9,11H2,1H3;2-5H,1H3,(H,8,9,10)/t13-,15-,16-;/m0./s1. The Balaban J connectivity index is 0.000000275. The van der Waals surface area contributed by atoms with Crippen molar-refractivity contribution in [3.05, 3.63) is 59.7 Å². The molecule has 10 nitrogen and oxygen atoms in total. The fourth-order valence-electron chi connectivity index (χ4n) is 4.29. The molecule has 194 valence electrons. The average Bonchev–Trinajstić information content (AvgIpc) is 3.48. The van der Waals surface area contributed by atoms with Crippen molar-refractivity contribution in [1.29, 1.82) is 5.26 Å². The predicted molar refractivity (Wildman–Crippen MR) is 135 cm³/mol. The summed E-state index contributed by atoms with van der Waals surface area (Å²) >= 11 is 0. The van der Waals surface area contributed by atoms with Gasteiger partial charge in [0.25, 0.3) is 10.1 Å². The zero-order chi connectivity index (χ0) is 26.5. The van der Waals surface area contributed by atoms with Crippen LogP contribution in [0.2, 0.25) is 0 Å². The lowest BCUT2D eigenvalue weighted by Gasteiger charge is -2.23. The van der Waals surface area contributed by atoms with E-state index in [9.17, 15) is 21.6 Å². The number of hydrogen-bond acceptors (Lipinski definition) is 7. The molecule has 12 heteroatoms. The van der Waals surface area contributed by atoms with Crippen LogP contribution in [-0.4, -0.2) is 63.6 Å². The number of rotatable bonds is 5. The van der Waals surface area contributed by atoms with E-state index in [1.54, 1.807) is 29.2 Å². The Labute approximate surface area is 212 Å². The monoisotopic (exact) mass is 534 g/mol. The highest BCUT2D eigenvalue weighted by molar-refractivity contribution is 7.92. The molecule has 0 spiro atoms. The highest BCUT2D eigenvalue weighted by Crippen LogP contribution is 2.29. The molecule has 0 aromatic heterocycles. The molecule has 3 atom stereocenters. The minimum absolute atomic E-state index is 0.0157. The van der Waals surface area contributed by atoms with E-state index in [-0.39, 0.29) is 28.8 Å². The van der Waals surface area contributed by atoms with Gasteiger partial charge in [0.1, 0.15) is 6.04 Å². The second kappa shape index (κ2) is 11.4. The van der Waals surface area contributed by atoms with Gasteiger partial charge in [0.15, 0.2) is 0 Å². The lowest BCUT2D eigenvalue weighted by molar-refractivity contribution is -0.133. The molecule has 2 aromatic rings. The predicted octanol–water partition coefficient (Wildman–Crippen LogP) is 2.26. The van der Waals surface area contributed by atoms with E-state index in [4.69, 9.17) is 9.81 Å². The zero-order valence-electron chi connectivity index (χ0n) is 20.1. The number of hydrogen-bond donors (Lipinski definition) is 3. The summed E-state index contributed by atoms with van der Waals surface area (Å²) in [5.74, 6) is 0.214. The lowest BCUT2D eigenvalue weighted by Crippen LogP contribution is -2.45. The summed E-state index contributed by atoms with van der Waals surface area (Å²) < 4.78 is 54.5. The van der Waals surface area contributed by atoms with Crippen LogP contribution in [0.15, 0.2) is 53.4 Å². The maximum atomic E-state index is 12.6. The lowest BCUT2D eigenvalue weighted by atomic mass is 9.95. The topological polar surface area (TPSA) is 157 Å². The molecule has 1 amide bonds. The summed E-state index contributed by atoms with van der Waals surface area (Å²) in [6.45, 7) is 3.19. The van der Waals surface area contributed by atoms with Gasteiger partial charge in [0.2, 0.25) is 15.9 Å². The quantitative estimate of drug-likeness (QED) is 0.493. The number of carbonyl (C=O) groups is 1. The fraction of sp³-hybridized carbons (Fsp3) is 0.417. The fourth-order valence-corrected chi connectivity index (χ4v) is 5.33. The number of benzene rings is 2. The first-order chi connectivity index (χ1) is 16.9. The highest BCUT2D eigenvalue weighted by Gasteiger charge is 2.37. The molecule has 0 saturated carbocycles. The van der Waals surface area contributed by atoms with Crippen LogP contribution in [0.5, 0.6) is 0 Å². The second-order valence-electron chi connectivity index (χ2n) is 9.00. The van der Waals surface area contributed by atoms with Gasteiger partial charge in [-0.2, -0.15) is 13.7 Å². The van der Waals surface area contributed by atoms with Crippen LogP contribution >= 0.6 is 0 Å². The third-order valence-electron chi connectivity index (χ3n) is 6.12. The molecule has 36 heavy (non-hydrogen) atoms. The molecule has 0 bridgehead atoms. The van der Waals surface area contributed by atoms with Crippen molar-refractivity contribution in [3.8, 4) is 6.07 Å². The van der Waals surface area contributed by atoms with Crippen molar-refractivity contribution in [2.45, 2.75) is 49.1 Å². The van der Waals surface area contributed by atoms with Crippen LogP contribution in [0.25, 0.3) is 0 Å². The zero-order valence-corrected chi connectivity index (χ0v) is 21.7. The van der Waals surface area contributed by atoms with Crippen LogP contribution in [0, 0.1) is 18.3 Å². The van der Waals surface area contributed by atoms with Crippen LogP contribution in [-0.2, 0) is 24.9 Å². The third-order valence-corrected chi connectivity index (χ3v) is 7.59. The Morgan fingerprint density at radius 1 is 1.11 bits per heavy atom. The first-order valence-electron chi connectivity index (χ1n) is 11.4. The molecular weight excluding hydrogens is 504 g/mol. The summed E-state index contributed by atoms with van der Waals surface area (Å²) in [6.07, 6.45) is 3.44. The number of nitriles is 1. The molecule has 4 rings (SSSR count). The molecule has 2 heterocycles. The first-order valence-corrected chi connectivity index (χ1v) is 14.8. The molecule has 2 saturated heterocycles. The summed E-state index contributed by atoms with van der Waals surface area (Å²) in [7, 11) is -7.30. The Hall–Kier alpha value is -2.98. The van der Waals surface area contributed by atoms with Crippen molar-refractivity contribution in [2.75, 3.05) is 24.1 Å². The van der Waals surface area contributed by atoms with Gasteiger partial charge in [0, 0.05) is 18.8 Å². The van der Waals surface area contributed by atoms with E-state index in [0.29, 0.717) is 25.2 Å². The van der Waals surface area contributed by atoms with E-state index in [1.807, 2.05) is 19.1 Å². The number of nitrogens with zero attached hydrogens (tertiary/aromatic N) is 2. The smallest absolute Gasteiger partial charge is 0.294 e. The Bertz CT molecular complexity index is 1320. The first kappa shape index (κ1) is 27.6. The van der Waals surface area contributed by atoms with Gasteiger partial charge >= 0.3 is 0 Å². The minimum atomic E-state index is -4.02. The van der Waals surface area contributed by atoms with Crippen LogP contribution < -0.4 is 10.0 Å². The van der Waals surface area contributed by atoms with Gasteiger partial charge in [-0.25, -0.2) is 8.42 Å². The van der Waals surface area contributed by atoms with E-state index in [2.05, 4.69) is 16.1 Å². The van der Waals surface area contributed by atoms with E-state index in [0.717, 1.165) is 30.2 Å². The number of anilines is 1. The van der Waals surface area contributed by atoms with Crippen LogP contribution in [0.1, 0.15) is 36.3 Å². The number of nitrogens with one attached hydrogen (secondary N) is 2. The van der Waals surface area contributed by atoms with E-state index >= 15 is 0 Å². The largest absolute Gasteiger partial charge is 0.325 e. The number of sulfonamides is 1. The van der Waals surface area contributed by atoms with Crippen molar-refractivity contribution >= 4 is 31.7 Å². The number of carbonyl (C=O) groups excluding carboxylic acids is 1. The van der Waals surface area contributed by atoms with Crippen molar-refractivity contribution in [1.82, 2.24) is 10.2 Å². The van der Waals surface area contributed by atoms with Crippen molar-refractivity contribution in [3.63, 3.8) is 0 Å². The summed E-state index contributed by atoms with van der Waals surface area (Å²) in [6, 6.07) is 14.9. The molecule has 2 aliphatic heterocycles. The van der Waals surface area contributed by atoms with Gasteiger partial charge in [-0.15, -0.1) is 0 Å². The Morgan fingerprint density at radius 2 is 1.75 bits per heavy atom. The van der Waals surface area contributed by atoms with Crippen molar-refractivity contribution in [2.24, 2.45) is 0 Å². The molecule has 0 aliphatic carbocycles. The Morgan fingerprint density at radius 3 is 2.31 bits per heavy atom. The molecule has 2 aromatic carbocycles. The second-order valence-corrected chi connectivity index (χ2v) is 12.2. The van der Waals surface area contributed by atoms with Gasteiger partial charge in [0.05, 0.1) is 23.3 Å².